The zero-order valence-corrected chi connectivity index (χ0v) is 19.9. The molecule has 34 heavy (non-hydrogen) atoms. The summed E-state index contributed by atoms with van der Waals surface area (Å²) in [6, 6.07) is 19.6. The molecule has 0 amide bonds. The van der Waals surface area contributed by atoms with Crippen molar-refractivity contribution in [1.82, 2.24) is 4.98 Å². The predicted molar refractivity (Wildman–Crippen MR) is 141 cm³/mol. The van der Waals surface area contributed by atoms with E-state index in [1.807, 2.05) is 36.9 Å². The monoisotopic (exact) mass is 456 g/mol. The molecule has 3 heteroatoms. The van der Waals surface area contributed by atoms with Crippen molar-refractivity contribution in [3.63, 3.8) is 0 Å². The van der Waals surface area contributed by atoms with E-state index in [0.717, 1.165) is 39.8 Å². The molecule has 2 aromatic carbocycles. The van der Waals surface area contributed by atoms with Gasteiger partial charge >= 0.3 is 0 Å². The molecule has 0 spiro atoms. The van der Waals surface area contributed by atoms with Crippen LogP contribution in [0.1, 0.15) is 59.9 Å². The van der Waals surface area contributed by atoms with Gasteiger partial charge in [0.1, 0.15) is 7.05 Å². The maximum Gasteiger partial charge on any atom is 0.227 e. The number of nitrogens with zero attached hydrogens (tertiary/aromatic N) is 2. The first-order chi connectivity index (χ1) is 19.1. The number of benzene rings is 2. The number of hydrogen-bond donors (Lipinski definition) is 0. The Morgan fingerprint density at radius 2 is 1.79 bits per heavy atom. The van der Waals surface area contributed by atoms with E-state index >= 15 is 0 Å². The van der Waals surface area contributed by atoms with Crippen LogP contribution in [0.4, 0.5) is 0 Å². The number of aryl methyl sites for hydroxylation is 2. The second-order valence-electron chi connectivity index (χ2n) is 9.37. The molecule has 0 unspecified atom stereocenters. The van der Waals surface area contributed by atoms with E-state index in [2.05, 4.69) is 55.2 Å². The van der Waals surface area contributed by atoms with Crippen molar-refractivity contribution in [1.29, 1.82) is 0 Å². The lowest BCUT2D eigenvalue weighted by atomic mass is 9.96. The lowest BCUT2D eigenvalue weighted by Crippen LogP contribution is -2.30. The summed E-state index contributed by atoms with van der Waals surface area (Å²) in [5.41, 5.74) is 6.47. The predicted octanol–water partition coefficient (Wildman–Crippen LogP) is 7.77. The first-order valence-corrected chi connectivity index (χ1v) is 11.5. The van der Waals surface area contributed by atoms with Crippen molar-refractivity contribution >= 4 is 22.1 Å². The van der Waals surface area contributed by atoms with Gasteiger partial charge in [0.05, 0.1) is 5.56 Å². The van der Waals surface area contributed by atoms with Gasteiger partial charge in [0.15, 0.2) is 11.8 Å². The minimum absolute atomic E-state index is 0.0923. The average molecular weight is 457 g/mol. The largest absolute Gasteiger partial charge is 0.437 e. The fraction of sp³-hybridized carbons (Fsp3) is 0.290. The SMILES string of the molecule is [2H]C([2H])([2H])C([2H])(c1ccc2c(n1)oc1c(-c3cc(-c4cccc(CC(C)C)c4)cc[n+]3C)c(C)ccc12)C([2H])([2H])[2H]. The van der Waals surface area contributed by atoms with E-state index in [9.17, 15) is 0 Å². The summed E-state index contributed by atoms with van der Waals surface area (Å²) < 4.78 is 63.9. The Balaban J connectivity index is 1.70. The lowest BCUT2D eigenvalue weighted by Gasteiger charge is -2.10. The van der Waals surface area contributed by atoms with Gasteiger partial charge in [-0.05, 0) is 59.5 Å². The van der Waals surface area contributed by atoms with Gasteiger partial charge in [-0.1, -0.05) is 63.9 Å². The molecule has 0 radical (unpaired) electrons. The van der Waals surface area contributed by atoms with Crippen LogP contribution in [0, 0.1) is 12.8 Å². The summed E-state index contributed by atoms with van der Waals surface area (Å²) in [6.45, 7) is 0.145. The number of furan rings is 1. The number of rotatable bonds is 5. The highest BCUT2D eigenvalue weighted by Gasteiger charge is 2.22. The Morgan fingerprint density at radius 3 is 2.59 bits per heavy atom. The third-order valence-corrected chi connectivity index (χ3v) is 6.28. The third kappa shape index (κ3) is 4.00. The van der Waals surface area contributed by atoms with Gasteiger partial charge in [0.2, 0.25) is 11.4 Å². The molecule has 3 heterocycles. The van der Waals surface area contributed by atoms with E-state index in [-0.39, 0.29) is 11.4 Å². The van der Waals surface area contributed by atoms with Gasteiger partial charge < -0.3 is 4.42 Å². The van der Waals surface area contributed by atoms with Crippen LogP contribution >= 0.6 is 0 Å². The summed E-state index contributed by atoms with van der Waals surface area (Å²) in [7, 11) is 1.96. The summed E-state index contributed by atoms with van der Waals surface area (Å²) in [4.78, 5) is 4.32. The lowest BCUT2D eigenvalue weighted by molar-refractivity contribution is -0.660. The highest BCUT2D eigenvalue weighted by Crippen LogP contribution is 2.37. The normalized spacial score (nSPS) is 16.0. The molecular weight excluding hydrogens is 416 g/mol. The summed E-state index contributed by atoms with van der Waals surface area (Å²) >= 11 is 0. The second-order valence-corrected chi connectivity index (χ2v) is 9.37. The fourth-order valence-corrected chi connectivity index (χ4v) is 4.62. The van der Waals surface area contributed by atoms with E-state index < -0.39 is 19.6 Å². The van der Waals surface area contributed by atoms with Crippen LogP contribution in [0.3, 0.4) is 0 Å². The molecular formula is C31H33N2O+. The smallest absolute Gasteiger partial charge is 0.227 e. The van der Waals surface area contributed by atoms with Gasteiger partial charge in [-0.3, -0.25) is 0 Å². The zero-order chi connectivity index (χ0) is 29.9. The molecule has 5 rings (SSSR count). The number of fused-ring (bicyclic) bond motifs is 3. The van der Waals surface area contributed by atoms with E-state index in [1.165, 1.54) is 11.6 Å². The van der Waals surface area contributed by atoms with Gasteiger partial charge in [-0.15, -0.1) is 0 Å². The van der Waals surface area contributed by atoms with E-state index in [4.69, 9.17) is 14.0 Å². The molecule has 3 aromatic heterocycles. The Kier molecular flexibility index (Phi) is 3.96. The van der Waals surface area contributed by atoms with Crippen LogP contribution in [-0.4, -0.2) is 4.98 Å². The molecule has 172 valence electrons. The van der Waals surface area contributed by atoms with Crippen molar-refractivity contribution < 1.29 is 18.6 Å². The van der Waals surface area contributed by atoms with Crippen LogP contribution in [0.25, 0.3) is 44.5 Å². The third-order valence-electron chi connectivity index (χ3n) is 6.28. The summed E-state index contributed by atoms with van der Waals surface area (Å²) in [5.74, 6) is -2.35. The summed E-state index contributed by atoms with van der Waals surface area (Å²) in [5, 5.41) is 1.38. The van der Waals surface area contributed by atoms with Gasteiger partial charge in [-0.25, -0.2) is 9.55 Å². The fourth-order valence-electron chi connectivity index (χ4n) is 4.62. The molecule has 0 fully saturated rings. The van der Waals surface area contributed by atoms with Crippen LogP contribution in [-0.2, 0) is 13.5 Å². The Hall–Kier alpha value is -3.46. The van der Waals surface area contributed by atoms with Gasteiger partial charge in [0, 0.05) is 38.2 Å². The van der Waals surface area contributed by atoms with Crippen LogP contribution < -0.4 is 4.57 Å². The number of aromatic nitrogens is 2. The van der Waals surface area contributed by atoms with Gasteiger partial charge in [-0.2, -0.15) is 0 Å². The molecule has 3 nitrogen and oxygen atoms in total. The van der Waals surface area contributed by atoms with Crippen molar-refractivity contribution in [3.05, 3.63) is 83.7 Å². The first kappa shape index (κ1) is 15.4. The molecule has 0 N–H and O–H groups in total. The highest BCUT2D eigenvalue weighted by atomic mass is 16.3. The quantitative estimate of drug-likeness (QED) is 0.253. The summed E-state index contributed by atoms with van der Waals surface area (Å²) in [6.07, 6.45) is 3.01. The number of pyridine rings is 2. The first-order valence-electron chi connectivity index (χ1n) is 15.0. The molecule has 5 aromatic rings. The zero-order valence-electron chi connectivity index (χ0n) is 26.9. The van der Waals surface area contributed by atoms with Crippen molar-refractivity contribution in [2.75, 3.05) is 0 Å². The minimum Gasteiger partial charge on any atom is -0.437 e. The van der Waals surface area contributed by atoms with Crippen LogP contribution in [0.5, 0.6) is 0 Å². The molecule has 0 aliphatic heterocycles. The van der Waals surface area contributed by atoms with Crippen molar-refractivity contribution in [2.45, 2.75) is 46.8 Å². The van der Waals surface area contributed by atoms with Crippen molar-refractivity contribution in [2.24, 2.45) is 13.0 Å². The highest BCUT2D eigenvalue weighted by molar-refractivity contribution is 6.08. The topological polar surface area (TPSA) is 29.9 Å². The molecule has 0 saturated carbocycles. The van der Waals surface area contributed by atoms with Crippen LogP contribution in [0.15, 0.2) is 71.3 Å². The Bertz CT molecular complexity index is 1750. The molecule has 0 aliphatic rings. The standard InChI is InChI=1S/C31H33N2O/c1-19(2)16-22-8-7-9-23(17-22)24-14-15-33(6)28(18-24)29-21(5)10-11-25-26-12-13-27(20(3)4)32-31(26)34-30(25)29/h7-15,17-20H,16H2,1-6H3/q+1/i3D3,4D3,20D. The van der Waals surface area contributed by atoms with Crippen LogP contribution in [0.2, 0.25) is 0 Å². The maximum absolute atomic E-state index is 8.54. The molecule has 0 bridgehead atoms. The van der Waals surface area contributed by atoms with Crippen molar-refractivity contribution in [3.8, 4) is 22.4 Å². The number of hydrogen-bond acceptors (Lipinski definition) is 2. The minimum atomic E-state index is -3.13. The van der Waals surface area contributed by atoms with E-state index in [0.29, 0.717) is 16.9 Å². The molecule has 0 aliphatic carbocycles. The van der Waals surface area contributed by atoms with Gasteiger partial charge in [0.25, 0.3) is 0 Å². The average Bonchev–Trinajstić information content (AvgIpc) is 3.25. The van der Waals surface area contributed by atoms with E-state index in [1.54, 1.807) is 6.07 Å². The molecule has 0 saturated heterocycles. The Labute approximate surface area is 211 Å². The second kappa shape index (κ2) is 8.72. The molecule has 0 atom stereocenters. The maximum atomic E-state index is 8.54. The Morgan fingerprint density at radius 1 is 1.00 bits per heavy atom.